The predicted octanol–water partition coefficient (Wildman–Crippen LogP) is 2.60. The van der Waals surface area contributed by atoms with E-state index < -0.39 is 0 Å². The van der Waals surface area contributed by atoms with Crippen LogP contribution in [-0.2, 0) is 11.3 Å². The summed E-state index contributed by atoms with van der Waals surface area (Å²) in [4.78, 5) is 20.7. The Morgan fingerprint density at radius 3 is 2.76 bits per heavy atom. The van der Waals surface area contributed by atoms with Crippen molar-refractivity contribution in [3.8, 4) is 0 Å². The topological polar surface area (TPSA) is 26.8 Å². The molecule has 0 aromatic heterocycles. The summed E-state index contributed by atoms with van der Waals surface area (Å²) in [5.41, 5.74) is 1.30. The van der Waals surface area contributed by atoms with Crippen LogP contribution in [0.1, 0.15) is 38.2 Å². The third kappa shape index (κ3) is 3.47. The molecule has 3 saturated heterocycles. The minimum absolute atomic E-state index is 0.0683. The Bertz CT molecular complexity index is 600. The number of amides is 1. The first-order valence-electron chi connectivity index (χ1n) is 9.96. The third-order valence-electron chi connectivity index (χ3n) is 6.45. The summed E-state index contributed by atoms with van der Waals surface area (Å²) in [5.74, 6) is 0.448. The van der Waals surface area contributed by atoms with Gasteiger partial charge < -0.3 is 9.80 Å². The van der Waals surface area contributed by atoms with Gasteiger partial charge in [0, 0.05) is 38.8 Å². The molecular weight excluding hydrogens is 310 g/mol. The number of carbonyl (C=O) groups is 1. The second kappa shape index (κ2) is 7.08. The highest BCUT2D eigenvalue weighted by Gasteiger charge is 2.49. The Labute approximate surface area is 151 Å². The van der Waals surface area contributed by atoms with Crippen LogP contribution >= 0.6 is 0 Å². The van der Waals surface area contributed by atoms with Gasteiger partial charge in [0.25, 0.3) is 0 Å². The van der Waals surface area contributed by atoms with Crippen molar-refractivity contribution in [3.63, 3.8) is 0 Å². The van der Waals surface area contributed by atoms with Crippen molar-refractivity contribution in [2.75, 3.05) is 39.3 Å². The van der Waals surface area contributed by atoms with Crippen molar-refractivity contribution in [1.82, 2.24) is 14.7 Å². The van der Waals surface area contributed by atoms with E-state index in [0.29, 0.717) is 11.9 Å². The van der Waals surface area contributed by atoms with Gasteiger partial charge in [-0.25, -0.2) is 0 Å². The van der Waals surface area contributed by atoms with Gasteiger partial charge >= 0.3 is 0 Å². The van der Waals surface area contributed by atoms with Gasteiger partial charge in [-0.1, -0.05) is 30.3 Å². The fraction of sp³-hybridized carbons (Fsp3) is 0.667. The maximum absolute atomic E-state index is 13.4. The highest BCUT2D eigenvalue weighted by atomic mass is 16.2. The largest absolute Gasteiger partial charge is 0.338 e. The number of carbonyl (C=O) groups excluding carboxylic acids is 1. The molecule has 3 heterocycles. The lowest BCUT2D eigenvalue weighted by Crippen LogP contribution is -2.52. The van der Waals surface area contributed by atoms with Crippen molar-refractivity contribution < 1.29 is 4.79 Å². The number of rotatable bonds is 3. The number of hydrogen-bond donors (Lipinski definition) is 0. The molecule has 3 unspecified atom stereocenters. The molecule has 0 saturated carbocycles. The van der Waals surface area contributed by atoms with E-state index in [-0.39, 0.29) is 5.41 Å². The van der Waals surface area contributed by atoms with Gasteiger partial charge in [-0.05, 0) is 51.3 Å². The molecule has 0 aliphatic carbocycles. The van der Waals surface area contributed by atoms with Crippen LogP contribution in [0.25, 0.3) is 0 Å². The van der Waals surface area contributed by atoms with Crippen LogP contribution in [0, 0.1) is 5.41 Å². The predicted molar refractivity (Wildman–Crippen MR) is 100 cm³/mol. The summed E-state index contributed by atoms with van der Waals surface area (Å²) in [7, 11) is 0. The number of hydrogen-bond acceptors (Lipinski definition) is 3. The molecule has 0 N–H and O–H groups in total. The normalized spacial score (nSPS) is 33.2. The maximum Gasteiger partial charge on any atom is 0.230 e. The van der Waals surface area contributed by atoms with Gasteiger partial charge in [0.15, 0.2) is 0 Å². The van der Waals surface area contributed by atoms with E-state index in [1.807, 2.05) is 0 Å². The van der Waals surface area contributed by atoms with Gasteiger partial charge in [-0.3, -0.25) is 9.69 Å². The molecule has 3 atom stereocenters. The molecule has 136 valence electrons. The number of piperidine rings is 1. The minimum atomic E-state index is -0.0683. The Kier molecular flexibility index (Phi) is 4.83. The third-order valence-corrected chi connectivity index (χ3v) is 6.45. The SMILES string of the molecule is CC1CN(Cc2ccccc2)CCCN1C(=O)C12CCCN(CC1)C2. The zero-order valence-corrected chi connectivity index (χ0v) is 15.5. The molecule has 3 aliphatic rings. The van der Waals surface area contributed by atoms with Crippen molar-refractivity contribution >= 4 is 5.91 Å². The van der Waals surface area contributed by atoms with Crippen LogP contribution in [-0.4, -0.2) is 65.9 Å². The van der Waals surface area contributed by atoms with E-state index in [1.165, 1.54) is 18.5 Å². The smallest absolute Gasteiger partial charge is 0.230 e. The van der Waals surface area contributed by atoms with Crippen LogP contribution < -0.4 is 0 Å². The van der Waals surface area contributed by atoms with Gasteiger partial charge in [-0.2, -0.15) is 0 Å². The van der Waals surface area contributed by atoms with E-state index in [4.69, 9.17) is 0 Å². The molecule has 0 radical (unpaired) electrons. The molecule has 0 spiro atoms. The minimum Gasteiger partial charge on any atom is -0.338 e. The average Bonchev–Trinajstić information content (AvgIpc) is 2.81. The quantitative estimate of drug-likeness (QED) is 0.845. The second-order valence-electron chi connectivity index (χ2n) is 8.33. The monoisotopic (exact) mass is 341 g/mol. The summed E-state index contributed by atoms with van der Waals surface area (Å²) in [6, 6.07) is 11.0. The van der Waals surface area contributed by atoms with Crippen LogP contribution in [0.5, 0.6) is 0 Å². The highest BCUT2D eigenvalue weighted by Crippen LogP contribution is 2.41. The number of fused-ring (bicyclic) bond motifs is 2. The molecule has 25 heavy (non-hydrogen) atoms. The Morgan fingerprint density at radius 2 is 1.92 bits per heavy atom. The lowest BCUT2D eigenvalue weighted by atomic mass is 9.79. The first-order valence-corrected chi connectivity index (χ1v) is 9.96. The molecule has 1 aromatic carbocycles. The van der Waals surface area contributed by atoms with Crippen molar-refractivity contribution in [3.05, 3.63) is 35.9 Å². The molecular formula is C21H31N3O. The lowest BCUT2D eigenvalue weighted by molar-refractivity contribution is -0.144. The summed E-state index contributed by atoms with van der Waals surface area (Å²) >= 11 is 0. The number of benzene rings is 1. The first-order chi connectivity index (χ1) is 12.2. The van der Waals surface area contributed by atoms with E-state index in [9.17, 15) is 4.79 Å². The van der Waals surface area contributed by atoms with E-state index in [2.05, 4.69) is 52.0 Å². The molecule has 1 aromatic rings. The fourth-order valence-corrected chi connectivity index (χ4v) is 5.12. The first kappa shape index (κ1) is 17.0. The van der Waals surface area contributed by atoms with Crippen molar-refractivity contribution in [2.45, 2.75) is 45.2 Å². The molecule has 4 nitrogen and oxygen atoms in total. The Balaban J connectivity index is 1.43. The maximum atomic E-state index is 13.4. The lowest BCUT2D eigenvalue weighted by Gasteiger charge is -2.39. The average molecular weight is 341 g/mol. The summed E-state index contributed by atoms with van der Waals surface area (Å²) in [6.45, 7) is 9.54. The molecule has 1 amide bonds. The summed E-state index contributed by atoms with van der Waals surface area (Å²) < 4.78 is 0. The van der Waals surface area contributed by atoms with Crippen molar-refractivity contribution in [2.24, 2.45) is 5.41 Å². The van der Waals surface area contributed by atoms with Gasteiger partial charge in [0.2, 0.25) is 5.91 Å². The van der Waals surface area contributed by atoms with E-state index in [1.54, 1.807) is 0 Å². The molecule has 4 heteroatoms. The summed E-state index contributed by atoms with van der Waals surface area (Å²) in [6.07, 6.45) is 4.44. The van der Waals surface area contributed by atoms with Crippen LogP contribution in [0.3, 0.4) is 0 Å². The number of nitrogens with zero attached hydrogens (tertiary/aromatic N) is 3. The van der Waals surface area contributed by atoms with Crippen LogP contribution in [0.4, 0.5) is 0 Å². The Hall–Kier alpha value is -1.39. The molecule has 3 fully saturated rings. The fourth-order valence-electron chi connectivity index (χ4n) is 5.12. The summed E-state index contributed by atoms with van der Waals surface area (Å²) in [5, 5.41) is 0. The van der Waals surface area contributed by atoms with E-state index in [0.717, 1.165) is 58.5 Å². The van der Waals surface area contributed by atoms with Crippen molar-refractivity contribution in [1.29, 1.82) is 0 Å². The van der Waals surface area contributed by atoms with Gasteiger partial charge in [0.05, 0.1) is 5.41 Å². The molecule has 4 rings (SSSR count). The van der Waals surface area contributed by atoms with Gasteiger partial charge in [-0.15, -0.1) is 0 Å². The molecule has 3 aliphatic heterocycles. The second-order valence-corrected chi connectivity index (χ2v) is 8.33. The Morgan fingerprint density at radius 1 is 1.08 bits per heavy atom. The zero-order chi connectivity index (χ0) is 17.3. The van der Waals surface area contributed by atoms with E-state index >= 15 is 0 Å². The van der Waals surface area contributed by atoms with Gasteiger partial charge in [0.1, 0.15) is 0 Å². The van der Waals surface area contributed by atoms with Crippen LogP contribution in [0.2, 0.25) is 0 Å². The van der Waals surface area contributed by atoms with Crippen LogP contribution in [0.15, 0.2) is 30.3 Å². The molecule has 2 bridgehead atoms. The zero-order valence-electron chi connectivity index (χ0n) is 15.5. The standard InChI is InChI=1S/C21H31N3O/c1-18-15-23(16-19-7-3-2-4-8-19)12-6-13-24(18)20(25)21-9-5-11-22(17-21)14-10-21/h2-4,7-8,18H,5-6,9-17H2,1H3. The highest BCUT2D eigenvalue weighted by molar-refractivity contribution is 5.84.